The van der Waals surface area contributed by atoms with Gasteiger partial charge in [-0.3, -0.25) is 0 Å². The van der Waals surface area contributed by atoms with Crippen molar-refractivity contribution in [2.45, 2.75) is 45.4 Å². The van der Waals surface area contributed by atoms with Crippen molar-refractivity contribution in [2.75, 3.05) is 13.1 Å². The summed E-state index contributed by atoms with van der Waals surface area (Å²) in [6.45, 7) is 5.90. The molecule has 0 aromatic carbocycles. The summed E-state index contributed by atoms with van der Waals surface area (Å²) in [5.41, 5.74) is 1.96. The van der Waals surface area contributed by atoms with Crippen molar-refractivity contribution in [1.29, 1.82) is 0 Å². The lowest BCUT2D eigenvalue weighted by Gasteiger charge is -2.23. The van der Waals surface area contributed by atoms with E-state index in [1.807, 2.05) is 12.4 Å². The van der Waals surface area contributed by atoms with Gasteiger partial charge in [-0.1, -0.05) is 13.0 Å². The first kappa shape index (κ1) is 18.0. The maximum atomic E-state index is 13.9. The second-order valence-corrected chi connectivity index (χ2v) is 7.24. The van der Waals surface area contributed by atoms with Crippen molar-refractivity contribution in [2.24, 2.45) is 0 Å². The highest BCUT2D eigenvalue weighted by Crippen LogP contribution is 2.36. The number of pyridine rings is 1. The molecule has 1 atom stereocenters. The Hall–Kier alpha value is -1.79. The van der Waals surface area contributed by atoms with E-state index in [0.717, 1.165) is 42.9 Å². The summed E-state index contributed by atoms with van der Waals surface area (Å²) >= 11 is 1.61. The maximum Gasteiger partial charge on any atom is 0.259 e. The van der Waals surface area contributed by atoms with Gasteiger partial charge in [0.1, 0.15) is 5.01 Å². The number of aryl methyl sites for hydroxylation is 1. The van der Waals surface area contributed by atoms with Crippen LogP contribution in [0.4, 0.5) is 4.39 Å². The van der Waals surface area contributed by atoms with Crippen LogP contribution in [0.2, 0.25) is 0 Å². The van der Waals surface area contributed by atoms with Crippen molar-refractivity contribution in [3.05, 3.63) is 41.1 Å². The van der Waals surface area contributed by atoms with Gasteiger partial charge in [-0.15, -0.1) is 11.3 Å². The molecule has 4 nitrogen and oxygen atoms in total. The molecule has 3 rings (SSSR count). The molecule has 6 heteroatoms. The number of nitrogens with one attached hydrogen (secondary N) is 1. The second kappa shape index (κ2) is 8.54. The average molecular weight is 361 g/mol. The summed E-state index contributed by atoms with van der Waals surface area (Å²) in [6.07, 6.45) is 8.29. The van der Waals surface area contributed by atoms with Crippen LogP contribution in [0.3, 0.4) is 0 Å². The van der Waals surface area contributed by atoms with Gasteiger partial charge in [-0.25, -0.2) is 9.97 Å². The van der Waals surface area contributed by atoms with Gasteiger partial charge >= 0.3 is 0 Å². The van der Waals surface area contributed by atoms with Gasteiger partial charge in [0.25, 0.3) is 6.36 Å². The molecule has 1 aliphatic heterocycles. The van der Waals surface area contributed by atoms with Crippen molar-refractivity contribution in [1.82, 2.24) is 15.3 Å². The minimum absolute atomic E-state index is 0.306. The first-order valence-electron chi connectivity index (χ1n) is 8.80. The van der Waals surface area contributed by atoms with E-state index in [9.17, 15) is 4.39 Å². The Bertz CT molecular complexity index is 725. The Labute approximate surface area is 152 Å². The topological polar surface area (TPSA) is 47.0 Å². The highest BCUT2D eigenvalue weighted by molar-refractivity contribution is 7.15. The Kier molecular flexibility index (Phi) is 6.15. The zero-order chi connectivity index (χ0) is 17.6. The van der Waals surface area contributed by atoms with Crippen LogP contribution < -0.4 is 10.1 Å². The molecule has 134 valence electrons. The predicted molar refractivity (Wildman–Crippen MR) is 99.9 cm³/mol. The van der Waals surface area contributed by atoms with Gasteiger partial charge < -0.3 is 10.1 Å². The fourth-order valence-corrected chi connectivity index (χ4v) is 3.85. The van der Waals surface area contributed by atoms with Crippen molar-refractivity contribution >= 4 is 11.3 Å². The lowest BCUT2D eigenvalue weighted by atomic mass is 9.91. The number of rotatable bonds is 6. The molecule has 1 aliphatic rings. The lowest BCUT2D eigenvalue weighted by Crippen LogP contribution is -2.26. The molecule has 0 radical (unpaired) electrons. The maximum absolute atomic E-state index is 13.9. The Morgan fingerprint density at radius 3 is 2.84 bits per heavy atom. The summed E-state index contributed by atoms with van der Waals surface area (Å²) in [7, 11) is 0. The van der Waals surface area contributed by atoms with Crippen LogP contribution >= 0.6 is 11.3 Å². The molecule has 1 fully saturated rings. The zero-order valence-corrected chi connectivity index (χ0v) is 15.5. The van der Waals surface area contributed by atoms with Crippen LogP contribution in [-0.2, 0) is 6.42 Å². The molecule has 0 aliphatic carbocycles. The van der Waals surface area contributed by atoms with Crippen LogP contribution in [-0.4, -0.2) is 29.4 Å². The fourth-order valence-electron chi connectivity index (χ4n) is 2.99. The van der Waals surface area contributed by atoms with Crippen molar-refractivity contribution < 1.29 is 9.13 Å². The smallest absolute Gasteiger partial charge is 0.259 e. The number of piperidine rings is 1. The van der Waals surface area contributed by atoms with E-state index >= 15 is 0 Å². The number of thiazole rings is 1. The highest BCUT2D eigenvalue weighted by atomic mass is 32.1. The van der Waals surface area contributed by atoms with E-state index in [1.165, 1.54) is 16.5 Å². The summed E-state index contributed by atoms with van der Waals surface area (Å²) in [6, 6.07) is 2.08. The number of allylic oxidation sites excluding steroid dienone is 1. The van der Waals surface area contributed by atoms with E-state index in [1.54, 1.807) is 24.3 Å². The molecule has 0 bridgehead atoms. The molecule has 1 saturated heterocycles. The third-order valence-electron chi connectivity index (χ3n) is 4.38. The van der Waals surface area contributed by atoms with Gasteiger partial charge in [0.2, 0.25) is 5.88 Å². The molecule has 1 unspecified atom stereocenters. The monoisotopic (exact) mass is 361 g/mol. The Morgan fingerprint density at radius 2 is 2.16 bits per heavy atom. The van der Waals surface area contributed by atoms with Crippen molar-refractivity contribution in [3.8, 4) is 16.5 Å². The van der Waals surface area contributed by atoms with Crippen LogP contribution in [0.5, 0.6) is 5.88 Å². The molecule has 0 saturated carbocycles. The number of ether oxygens (including phenoxy) is 1. The summed E-state index contributed by atoms with van der Waals surface area (Å²) < 4.78 is 19.4. The largest absolute Gasteiger partial charge is 0.439 e. The minimum atomic E-state index is -1.51. The number of hydrogen-bond donors (Lipinski definition) is 1. The summed E-state index contributed by atoms with van der Waals surface area (Å²) in [4.78, 5) is 10.1. The average Bonchev–Trinajstić information content (AvgIpc) is 3.12. The van der Waals surface area contributed by atoms with Crippen LogP contribution in [0.25, 0.3) is 10.6 Å². The second-order valence-electron chi connectivity index (χ2n) is 6.13. The quantitative estimate of drug-likeness (QED) is 0.771. The number of halogens is 1. The fraction of sp³-hybridized carbons (Fsp3) is 0.474. The SMILES string of the molecule is CC=CC(F)Oc1ncc(C2CCNCC2)cc1-c1ncc(CC)s1. The Balaban J connectivity index is 1.95. The standard InChI is InChI=1S/C19H24FN3OS/c1-3-5-17(20)24-18-16(19-23-12-15(4-2)25-19)10-14(11-22-18)13-6-8-21-9-7-13/h3,5,10-13,17,21H,4,6-9H2,1-2H3. The first-order valence-corrected chi connectivity index (χ1v) is 9.62. The number of hydrogen-bond acceptors (Lipinski definition) is 5. The molecular weight excluding hydrogens is 337 g/mol. The zero-order valence-electron chi connectivity index (χ0n) is 14.7. The molecule has 0 amide bonds. The minimum Gasteiger partial charge on any atom is -0.439 e. The molecule has 2 aromatic rings. The molecule has 2 aromatic heterocycles. The molecule has 0 spiro atoms. The summed E-state index contributed by atoms with van der Waals surface area (Å²) in [5.74, 6) is 0.782. The van der Waals surface area contributed by atoms with E-state index in [0.29, 0.717) is 11.8 Å². The van der Waals surface area contributed by atoms with E-state index in [4.69, 9.17) is 4.74 Å². The van der Waals surface area contributed by atoms with Gasteiger partial charge in [0, 0.05) is 17.3 Å². The van der Waals surface area contributed by atoms with Crippen LogP contribution in [0.1, 0.15) is 43.0 Å². The van der Waals surface area contributed by atoms with Gasteiger partial charge in [0.15, 0.2) is 0 Å². The third-order valence-corrected chi connectivity index (χ3v) is 5.56. The van der Waals surface area contributed by atoms with E-state index in [-0.39, 0.29) is 0 Å². The molecular formula is C19H24FN3OS. The molecule has 1 N–H and O–H groups in total. The number of nitrogens with zero attached hydrogens (tertiary/aromatic N) is 2. The van der Waals surface area contributed by atoms with Crippen LogP contribution in [0, 0.1) is 0 Å². The lowest BCUT2D eigenvalue weighted by molar-refractivity contribution is 0.109. The number of aromatic nitrogens is 2. The Morgan fingerprint density at radius 1 is 1.36 bits per heavy atom. The highest BCUT2D eigenvalue weighted by Gasteiger charge is 2.20. The van der Waals surface area contributed by atoms with Crippen molar-refractivity contribution in [3.63, 3.8) is 0 Å². The molecule has 3 heterocycles. The van der Waals surface area contributed by atoms with Gasteiger partial charge in [-0.05, 0) is 62.9 Å². The predicted octanol–water partition coefficient (Wildman–Crippen LogP) is 4.49. The van der Waals surface area contributed by atoms with Gasteiger partial charge in [0.05, 0.1) is 5.56 Å². The normalized spacial score (nSPS) is 17.1. The van der Waals surface area contributed by atoms with Gasteiger partial charge in [-0.2, -0.15) is 4.39 Å². The number of alkyl halides is 1. The first-order chi connectivity index (χ1) is 12.2. The van der Waals surface area contributed by atoms with E-state index in [2.05, 4.69) is 28.3 Å². The molecule has 25 heavy (non-hydrogen) atoms. The van der Waals surface area contributed by atoms with E-state index < -0.39 is 6.36 Å². The summed E-state index contributed by atoms with van der Waals surface area (Å²) in [5, 5.41) is 4.22. The van der Waals surface area contributed by atoms with Crippen LogP contribution in [0.15, 0.2) is 30.6 Å². The third kappa shape index (κ3) is 4.44.